The first-order valence-corrected chi connectivity index (χ1v) is 10.00. The van der Waals surface area contributed by atoms with Crippen molar-refractivity contribution in [1.82, 2.24) is 15.2 Å². The van der Waals surface area contributed by atoms with E-state index >= 15 is 4.39 Å². The van der Waals surface area contributed by atoms with Crippen molar-refractivity contribution in [3.63, 3.8) is 0 Å². The number of benzene rings is 2. The normalized spacial score (nSPS) is 14.3. The van der Waals surface area contributed by atoms with Gasteiger partial charge in [-0.1, -0.05) is 35.9 Å². The average molecular weight is 412 g/mol. The van der Waals surface area contributed by atoms with Crippen LogP contribution in [0.2, 0.25) is 5.02 Å². The SMILES string of the molecule is COc1ccc(Cc2ccc(CN3CCNC3)nc2)c(F)c1-c1cccc(Cl)c1. The van der Waals surface area contributed by atoms with Gasteiger partial charge < -0.3 is 10.1 Å². The number of rotatable bonds is 6. The highest BCUT2D eigenvalue weighted by Crippen LogP contribution is 2.36. The van der Waals surface area contributed by atoms with E-state index in [-0.39, 0.29) is 5.82 Å². The predicted molar refractivity (Wildman–Crippen MR) is 114 cm³/mol. The molecule has 0 bridgehead atoms. The van der Waals surface area contributed by atoms with Gasteiger partial charge in [0.2, 0.25) is 0 Å². The molecular formula is C23H23ClFN3O. The third kappa shape index (κ3) is 4.58. The van der Waals surface area contributed by atoms with E-state index in [1.807, 2.05) is 30.5 Å². The monoisotopic (exact) mass is 411 g/mol. The molecule has 1 N–H and O–H groups in total. The second-order valence-electron chi connectivity index (χ2n) is 7.17. The zero-order chi connectivity index (χ0) is 20.2. The van der Waals surface area contributed by atoms with E-state index in [2.05, 4.69) is 15.2 Å². The summed E-state index contributed by atoms with van der Waals surface area (Å²) in [7, 11) is 1.54. The lowest BCUT2D eigenvalue weighted by atomic mass is 9.97. The fourth-order valence-electron chi connectivity index (χ4n) is 3.61. The summed E-state index contributed by atoms with van der Waals surface area (Å²) in [5.74, 6) is 0.194. The summed E-state index contributed by atoms with van der Waals surface area (Å²) in [6.07, 6.45) is 2.30. The van der Waals surface area contributed by atoms with Crippen molar-refractivity contribution in [2.45, 2.75) is 13.0 Å². The van der Waals surface area contributed by atoms with Crippen LogP contribution in [0.3, 0.4) is 0 Å². The van der Waals surface area contributed by atoms with E-state index in [1.54, 1.807) is 31.4 Å². The summed E-state index contributed by atoms with van der Waals surface area (Å²) in [6, 6.07) is 14.8. The number of hydrogen-bond acceptors (Lipinski definition) is 4. The molecule has 4 rings (SSSR count). The summed E-state index contributed by atoms with van der Waals surface area (Å²) in [4.78, 5) is 6.87. The van der Waals surface area contributed by atoms with Gasteiger partial charge in [0.05, 0.1) is 18.4 Å². The molecule has 2 aromatic carbocycles. The molecule has 0 radical (unpaired) electrons. The molecule has 1 saturated heterocycles. The third-order valence-electron chi connectivity index (χ3n) is 5.12. The number of nitrogens with one attached hydrogen (secondary N) is 1. The molecule has 2 heterocycles. The maximum absolute atomic E-state index is 15.4. The van der Waals surface area contributed by atoms with Crippen LogP contribution >= 0.6 is 11.6 Å². The van der Waals surface area contributed by atoms with Crippen molar-refractivity contribution >= 4 is 11.6 Å². The molecule has 0 aliphatic carbocycles. The molecule has 0 unspecified atom stereocenters. The first-order chi connectivity index (χ1) is 14.1. The molecule has 150 valence electrons. The molecule has 29 heavy (non-hydrogen) atoms. The lowest BCUT2D eigenvalue weighted by Gasteiger charge is -2.15. The Bertz CT molecular complexity index is 988. The number of pyridine rings is 1. The Balaban J connectivity index is 1.58. The van der Waals surface area contributed by atoms with Crippen molar-refractivity contribution in [2.75, 3.05) is 26.9 Å². The maximum Gasteiger partial charge on any atom is 0.138 e. The summed E-state index contributed by atoms with van der Waals surface area (Å²) in [6.45, 7) is 3.77. The molecule has 4 nitrogen and oxygen atoms in total. The van der Waals surface area contributed by atoms with Crippen LogP contribution in [0.25, 0.3) is 11.1 Å². The average Bonchev–Trinajstić information content (AvgIpc) is 3.24. The highest BCUT2D eigenvalue weighted by atomic mass is 35.5. The maximum atomic E-state index is 15.4. The van der Waals surface area contributed by atoms with Crippen LogP contribution in [0.5, 0.6) is 5.75 Å². The van der Waals surface area contributed by atoms with Gasteiger partial charge in [-0.3, -0.25) is 9.88 Å². The molecule has 0 saturated carbocycles. The third-order valence-corrected chi connectivity index (χ3v) is 5.36. The van der Waals surface area contributed by atoms with Gasteiger partial charge in [-0.15, -0.1) is 0 Å². The zero-order valence-corrected chi connectivity index (χ0v) is 17.0. The second-order valence-corrected chi connectivity index (χ2v) is 7.61. The smallest absolute Gasteiger partial charge is 0.138 e. The minimum Gasteiger partial charge on any atom is -0.496 e. The molecule has 1 fully saturated rings. The van der Waals surface area contributed by atoms with E-state index < -0.39 is 0 Å². The molecule has 0 amide bonds. The van der Waals surface area contributed by atoms with Gasteiger partial charge in [-0.05, 0) is 41.0 Å². The van der Waals surface area contributed by atoms with Crippen molar-refractivity contribution < 1.29 is 9.13 Å². The molecule has 1 aromatic heterocycles. The molecule has 3 aromatic rings. The van der Waals surface area contributed by atoms with E-state index in [1.165, 1.54) is 0 Å². The van der Waals surface area contributed by atoms with Crippen molar-refractivity contribution in [3.8, 4) is 16.9 Å². The quantitative estimate of drug-likeness (QED) is 0.648. The number of nitrogens with zero attached hydrogens (tertiary/aromatic N) is 2. The number of halogens is 2. The number of ether oxygens (including phenoxy) is 1. The fraction of sp³-hybridized carbons (Fsp3) is 0.261. The standard InChI is InChI=1S/C23H23ClFN3O/c1-29-21-8-6-18(23(25)22(21)17-3-2-4-19(24)12-17)11-16-5-7-20(27-13-16)14-28-10-9-26-15-28/h2-8,12-13,26H,9-11,14-15H2,1H3. The van der Waals surface area contributed by atoms with Gasteiger partial charge in [0, 0.05) is 43.9 Å². The summed E-state index contributed by atoms with van der Waals surface area (Å²) in [5, 5.41) is 3.87. The Kier molecular flexibility index (Phi) is 6.09. The van der Waals surface area contributed by atoms with Gasteiger partial charge in [0.15, 0.2) is 0 Å². The molecule has 6 heteroatoms. The topological polar surface area (TPSA) is 37.4 Å². The van der Waals surface area contributed by atoms with Crippen LogP contribution in [0.4, 0.5) is 4.39 Å². The van der Waals surface area contributed by atoms with E-state index in [0.717, 1.165) is 37.6 Å². The van der Waals surface area contributed by atoms with Crippen LogP contribution in [0, 0.1) is 5.82 Å². The molecule has 1 aliphatic rings. The van der Waals surface area contributed by atoms with Gasteiger partial charge >= 0.3 is 0 Å². The van der Waals surface area contributed by atoms with E-state index in [0.29, 0.717) is 33.9 Å². The van der Waals surface area contributed by atoms with Crippen molar-refractivity contribution in [1.29, 1.82) is 0 Å². The first-order valence-electron chi connectivity index (χ1n) is 9.62. The Hall–Kier alpha value is -2.47. The van der Waals surface area contributed by atoms with Crippen LogP contribution in [-0.4, -0.2) is 36.8 Å². The zero-order valence-electron chi connectivity index (χ0n) is 16.3. The summed E-state index contributed by atoms with van der Waals surface area (Å²) in [5.41, 5.74) is 3.71. The molecule has 0 atom stereocenters. The van der Waals surface area contributed by atoms with Crippen molar-refractivity contribution in [2.24, 2.45) is 0 Å². The first kappa shape index (κ1) is 19.8. The highest BCUT2D eigenvalue weighted by molar-refractivity contribution is 6.30. The fourth-order valence-corrected chi connectivity index (χ4v) is 3.80. The Morgan fingerprint density at radius 2 is 2.10 bits per heavy atom. The van der Waals surface area contributed by atoms with Crippen LogP contribution in [0.15, 0.2) is 54.7 Å². The van der Waals surface area contributed by atoms with Gasteiger partial charge in [0.25, 0.3) is 0 Å². The predicted octanol–water partition coefficient (Wildman–Crippen LogP) is 4.50. The highest BCUT2D eigenvalue weighted by Gasteiger charge is 2.17. The lowest BCUT2D eigenvalue weighted by Crippen LogP contribution is -2.21. The number of aromatic nitrogens is 1. The lowest BCUT2D eigenvalue weighted by molar-refractivity contribution is 0.323. The van der Waals surface area contributed by atoms with Gasteiger partial charge in [0.1, 0.15) is 11.6 Å². The van der Waals surface area contributed by atoms with Crippen LogP contribution in [-0.2, 0) is 13.0 Å². The number of hydrogen-bond donors (Lipinski definition) is 1. The Morgan fingerprint density at radius 1 is 1.21 bits per heavy atom. The van der Waals surface area contributed by atoms with Crippen molar-refractivity contribution in [3.05, 3.63) is 82.4 Å². The molecule has 0 spiro atoms. The van der Waals surface area contributed by atoms with Crippen LogP contribution < -0.4 is 10.1 Å². The number of methoxy groups -OCH3 is 1. The largest absolute Gasteiger partial charge is 0.496 e. The Labute approximate surface area is 175 Å². The minimum absolute atomic E-state index is 0.293. The molecular weight excluding hydrogens is 389 g/mol. The molecule has 1 aliphatic heterocycles. The minimum atomic E-state index is -0.293. The second kappa shape index (κ2) is 8.91. The van der Waals surface area contributed by atoms with Crippen LogP contribution in [0.1, 0.15) is 16.8 Å². The van der Waals surface area contributed by atoms with E-state index in [4.69, 9.17) is 16.3 Å². The summed E-state index contributed by atoms with van der Waals surface area (Å²) >= 11 is 6.11. The summed E-state index contributed by atoms with van der Waals surface area (Å²) < 4.78 is 20.8. The van der Waals surface area contributed by atoms with E-state index in [9.17, 15) is 0 Å². The van der Waals surface area contributed by atoms with Gasteiger partial charge in [-0.25, -0.2) is 4.39 Å². The van der Waals surface area contributed by atoms with Gasteiger partial charge in [-0.2, -0.15) is 0 Å². The Morgan fingerprint density at radius 3 is 2.79 bits per heavy atom.